The minimum Gasteiger partial charge on any atom is -0.350 e. The normalized spacial score (nSPS) is 18.9. The van der Waals surface area contributed by atoms with Crippen molar-refractivity contribution in [1.29, 1.82) is 0 Å². The Morgan fingerprint density at radius 3 is 2.41 bits per heavy atom. The van der Waals surface area contributed by atoms with Crippen molar-refractivity contribution in [1.82, 2.24) is 5.32 Å². The molecule has 0 fully saturated rings. The lowest BCUT2D eigenvalue weighted by molar-refractivity contribution is -0.122. The average Bonchev–Trinajstić information content (AvgIpc) is 3.07. The molecule has 2 nitrogen and oxygen atoms in total. The van der Waals surface area contributed by atoms with Crippen LogP contribution in [0.25, 0.3) is 0 Å². The standard InChI is InChI=1S/C25H23Cl2NO/c1-17(18-5-3-2-4-6-18)28-24(29)16-25(20-8-11-21(26)12-9-20)14-13-19-7-10-22(27)15-23(19)25/h2-12,15,17H,13-14,16H2,1H3,(H,28,29)/t17-,25?/m1/s1. The molecule has 4 rings (SSSR count). The molecule has 0 saturated carbocycles. The average molecular weight is 424 g/mol. The second-order valence-electron chi connectivity index (χ2n) is 7.77. The van der Waals surface area contributed by atoms with Crippen molar-refractivity contribution >= 4 is 29.1 Å². The summed E-state index contributed by atoms with van der Waals surface area (Å²) >= 11 is 12.5. The molecule has 1 aliphatic rings. The predicted molar refractivity (Wildman–Crippen MR) is 120 cm³/mol. The van der Waals surface area contributed by atoms with Gasteiger partial charge in [-0.2, -0.15) is 0 Å². The van der Waals surface area contributed by atoms with Crippen LogP contribution in [0.2, 0.25) is 10.0 Å². The summed E-state index contributed by atoms with van der Waals surface area (Å²) in [5.41, 5.74) is 4.20. The molecular formula is C25H23Cl2NO. The van der Waals surface area contributed by atoms with E-state index in [4.69, 9.17) is 23.2 Å². The van der Waals surface area contributed by atoms with Gasteiger partial charge in [-0.05, 0) is 66.3 Å². The van der Waals surface area contributed by atoms with E-state index in [9.17, 15) is 4.79 Å². The molecule has 0 heterocycles. The Balaban J connectivity index is 1.67. The van der Waals surface area contributed by atoms with Crippen LogP contribution < -0.4 is 5.32 Å². The zero-order valence-corrected chi connectivity index (χ0v) is 17.8. The number of halogens is 2. The van der Waals surface area contributed by atoms with Gasteiger partial charge in [0, 0.05) is 21.9 Å². The molecule has 1 amide bonds. The van der Waals surface area contributed by atoms with Crippen molar-refractivity contribution in [3.05, 3.63) is 105 Å². The molecule has 0 aromatic heterocycles. The van der Waals surface area contributed by atoms with Gasteiger partial charge in [-0.3, -0.25) is 4.79 Å². The highest BCUT2D eigenvalue weighted by molar-refractivity contribution is 6.31. The predicted octanol–water partition coefficient (Wildman–Crippen LogP) is 6.49. The SMILES string of the molecule is C[C@@H](NC(=O)CC1(c2ccc(Cl)cc2)CCc2ccc(Cl)cc21)c1ccccc1. The van der Waals surface area contributed by atoms with Gasteiger partial charge in [0.2, 0.25) is 5.91 Å². The van der Waals surface area contributed by atoms with Crippen molar-refractivity contribution in [3.63, 3.8) is 0 Å². The topological polar surface area (TPSA) is 29.1 Å². The maximum atomic E-state index is 13.2. The van der Waals surface area contributed by atoms with Gasteiger partial charge < -0.3 is 5.32 Å². The van der Waals surface area contributed by atoms with E-state index in [1.54, 1.807) is 0 Å². The van der Waals surface area contributed by atoms with Crippen LogP contribution in [0.15, 0.2) is 72.8 Å². The van der Waals surface area contributed by atoms with Crippen LogP contribution in [0, 0.1) is 0 Å². The molecule has 148 valence electrons. The lowest BCUT2D eigenvalue weighted by Crippen LogP contribution is -2.35. The highest BCUT2D eigenvalue weighted by Crippen LogP contribution is 2.47. The summed E-state index contributed by atoms with van der Waals surface area (Å²) in [5.74, 6) is 0.0316. The maximum Gasteiger partial charge on any atom is 0.221 e. The van der Waals surface area contributed by atoms with Gasteiger partial charge in [-0.1, -0.05) is 71.7 Å². The van der Waals surface area contributed by atoms with Crippen LogP contribution in [0.5, 0.6) is 0 Å². The number of aryl methyl sites for hydroxylation is 1. The van der Waals surface area contributed by atoms with Gasteiger partial charge >= 0.3 is 0 Å². The number of carbonyl (C=O) groups excluding carboxylic acids is 1. The molecule has 0 spiro atoms. The van der Waals surface area contributed by atoms with E-state index in [2.05, 4.69) is 11.4 Å². The summed E-state index contributed by atoms with van der Waals surface area (Å²) in [5, 5.41) is 4.56. The lowest BCUT2D eigenvalue weighted by atomic mass is 9.72. The van der Waals surface area contributed by atoms with E-state index >= 15 is 0 Å². The third-order valence-corrected chi connectivity index (χ3v) is 6.43. The Morgan fingerprint density at radius 1 is 1.00 bits per heavy atom. The third-order valence-electron chi connectivity index (χ3n) is 5.94. The first-order chi connectivity index (χ1) is 14.0. The highest BCUT2D eigenvalue weighted by Gasteiger charge is 2.42. The molecule has 0 radical (unpaired) electrons. The number of carbonyl (C=O) groups is 1. The Bertz CT molecular complexity index is 1020. The zero-order chi connectivity index (χ0) is 20.4. The van der Waals surface area contributed by atoms with Crippen molar-refractivity contribution in [2.24, 2.45) is 0 Å². The van der Waals surface area contributed by atoms with Crippen LogP contribution in [0.4, 0.5) is 0 Å². The molecule has 2 atom stereocenters. The first-order valence-electron chi connectivity index (χ1n) is 9.87. The number of rotatable bonds is 5. The van der Waals surface area contributed by atoms with Crippen molar-refractivity contribution < 1.29 is 4.79 Å². The van der Waals surface area contributed by atoms with E-state index in [0.29, 0.717) is 16.5 Å². The largest absolute Gasteiger partial charge is 0.350 e. The molecule has 1 aliphatic carbocycles. The first-order valence-corrected chi connectivity index (χ1v) is 10.6. The maximum absolute atomic E-state index is 13.2. The Labute approximate surface area is 181 Å². The molecule has 3 aromatic carbocycles. The molecule has 0 saturated heterocycles. The highest BCUT2D eigenvalue weighted by atomic mass is 35.5. The van der Waals surface area contributed by atoms with Crippen LogP contribution in [-0.4, -0.2) is 5.91 Å². The number of nitrogens with one attached hydrogen (secondary N) is 1. The van der Waals surface area contributed by atoms with Crippen molar-refractivity contribution in [3.8, 4) is 0 Å². The monoisotopic (exact) mass is 423 g/mol. The van der Waals surface area contributed by atoms with E-state index in [-0.39, 0.29) is 11.9 Å². The van der Waals surface area contributed by atoms with Crippen LogP contribution in [-0.2, 0) is 16.6 Å². The summed E-state index contributed by atoms with van der Waals surface area (Å²) in [4.78, 5) is 13.2. The molecule has 0 bridgehead atoms. The van der Waals surface area contributed by atoms with Crippen LogP contribution in [0.1, 0.15) is 48.1 Å². The molecule has 4 heteroatoms. The Kier molecular flexibility index (Phi) is 5.67. The fourth-order valence-electron chi connectivity index (χ4n) is 4.44. The van der Waals surface area contributed by atoms with Gasteiger partial charge in [-0.25, -0.2) is 0 Å². The van der Waals surface area contributed by atoms with E-state index in [0.717, 1.165) is 29.5 Å². The molecule has 3 aromatic rings. The number of amides is 1. The first kappa shape index (κ1) is 20.0. The van der Waals surface area contributed by atoms with E-state index in [1.807, 2.05) is 73.7 Å². The van der Waals surface area contributed by atoms with Gasteiger partial charge in [0.15, 0.2) is 0 Å². The number of hydrogen-bond acceptors (Lipinski definition) is 1. The minimum atomic E-state index is -0.398. The summed E-state index contributed by atoms with van der Waals surface area (Å²) in [7, 11) is 0. The minimum absolute atomic E-state index is 0.0316. The molecule has 1 unspecified atom stereocenters. The van der Waals surface area contributed by atoms with E-state index < -0.39 is 5.41 Å². The smallest absolute Gasteiger partial charge is 0.221 e. The van der Waals surface area contributed by atoms with Crippen LogP contribution in [0.3, 0.4) is 0 Å². The number of hydrogen-bond donors (Lipinski definition) is 1. The van der Waals surface area contributed by atoms with Gasteiger partial charge in [0.25, 0.3) is 0 Å². The van der Waals surface area contributed by atoms with Gasteiger partial charge in [-0.15, -0.1) is 0 Å². The van der Waals surface area contributed by atoms with Gasteiger partial charge in [0.05, 0.1) is 6.04 Å². The number of benzene rings is 3. The molecule has 0 aliphatic heterocycles. The summed E-state index contributed by atoms with van der Waals surface area (Å²) in [6.45, 7) is 2.02. The molecule has 1 N–H and O–H groups in total. The van der Waals surface area contributed by atoms with Crippen LogP contribution >= 0.6 is 23.2 Å². The fourth-order valence-corrected chi connectivity index (χ4v) is 4.74. The quantitative estimate of drug-likeness (QED) is 0.498. The molecular weight excluding hydrogens is 401 g/mol. The summed E-state index contributed by atoms with van der Waals surface area (Å²) in [6.07, 6.45) is 2.17. The van der Waals surface area contributed by atoms with Crippen molar-refractivity contribution in [2.45, 2.75) is 37.6 Å². The van der Waals surface area contributed by atoms with Crippen molar-refractivity contribution in [2.75, 3.05) is 0 Å². The summed E-state index contributed by atoms with van der Waals surface area (Å²) < 4.78 is 0. The van der Waals surface area contributed by atoms with E-state index in [1.165, 1.54) is 5.56 Å². The Morgan fingerprint density at radius 2 is 1.69 bits per heavy atom. The molecule has 29 heavy (non-hydrogen) atoms. The second-order valence-corrected chi connectivity index (χ2v) is 8.64. The summed E-state index contributed by atoms with van der Waals surface area (Å²) in [6, 6.07) is 23.9. The van der Waals surface area contributed by atoms with Gasteiger partial charge in [0.1, 0.15) is 0 Å². The zero-order valence-electron chi connectivity index (χ0n) is 16.3. The lowest BCUT2D eigenvalue weighted by Gasteiger charge is -2.31. The third kappa shape index (κ3) is 4.05. The Hall–Kier alpha value is -2.29. The fraction of sp³-hybridized carbons (Fsp3) is 0.240. The second kappa shape index (κ2) is 8.22. The number of fused-ring (bicyclic) bond motifs is 1.